The zero-order valence-electron chi connectivity index (χ0n) is 11.9. The van der Waals surface area contributed by atoms with Crippen LogP contribution in [-0.4, -0.2) is 26.2 Å². The van der Waals surface area contributed by atoms with Gasteiger partial charge in [0.2, 0.25) is 10.0 Å². The van der Waals surface area contributed by atoms with Crippen LogP contribution in [-0.2, 0) is 10.0 Å². The third-order valence-corrected chi connectivity index (χ3v) is 4.59. The summed E-state index contributed by atoms with van der Waals surface area (Å²) in [7, 11) is -3.73. The van der Waals surface area contributed by atoms with Crippen LogP contribution in [0.4, 0.5) is 5.69 Å². The Bertz CT molecular complexity index is 567. The summed E-state index contributed by atoms with van der Waals surface area (Å²) < 4.78 is 27.3. The lowest BCUT2D eigenvalue weighted by molar-refractivity contribution is 0.125. The molecule has 1 atom stereocenters. The van der Waals surface area contributed by atoms with E-state index in [4.69, 9.17) is 5.73 Å². The molecule has 7 heteroatoms. The Kier molecular flexibility index (Phi) is 5.60. The molecule has 0 saturated heterocycles. The van der Waals surface area contributed by atoms with Crippen LogP contribution in [0.2, 0.25) is 0 Å². The minimum atomic E-state index is -3.73. The highest BCUT2D eigenvalue weighted by atomic mass is 79.9. The van der Waals surface area contributed by atoms with Crippen molar-refractivity contribution in [1.29, 1.82) is 0 Å². The summed E-state index contributed by atoms with van der Waals surface area (Å²) in [5.74, 6) is 0. The predicted octanol–water partition coefficient (Wildman–Crippen LogP) is 2.11. The molecule has 0 aromatic heterocycles. The summed E-state index contributed by atoms with van der Waals surface area (Å²) in [4.78, 5) is 0.00911. The first-order chi connectivity index (χ1) is 9.01. The van der Waals surface area contributed by atoms with Crippen molar-refractivity contribution < 1.29 is 13.5 Å². The van der Waals surface area contributed by atoms with Crippen molar-refractivity contribution in [2.75, 3.05) is 12.3 Å². The maximum atomic E-state index is 12.2. The highest BCUT2D eigenvalue weighted by Gasteiger charge is 2.21. The van der Waals surface area contributed by atoms with Gasteiger partial charge in [0.25, 0.3) is 0 Å². The predicted molar refractivity (Wildman–Crippen MR) is 83.8 cm³/mol. The Morgan fingerprint density at radius 1 is 1.40 bits per heavy atom. The lowest BCUT2D eigenvalue weighted by atomic mass is 9.89. The smallest absolute Gasteiger partial charge is 0.242 e. The molecule has 0 aliphatic carbocycles. The van der Waals surface area contributed by atoms with Crippen molar-refractivity contribution >= 4 is 31.6 Å². The summed E-state index contributed by atoms with van der Waals surface area (Å²) in [6.45, 7) is 5.91. The van der Waals surface area contributed by atoms with E-state index in [9.17, 15) is 13.5 Å². The number of rotatable bonds is 5. The van der Waals surface area contributed by atoms with Gasteiger partial charge in [0.1, 0.15) is 4.90 Å². The van der Waals surface area contributed by atoms with Gasteiger partial charge in [0.15, 0.2) is 0 Å². The second kappa shape index (κ2) is 6.43. The quantitative estimate of drug-likeness (QED) is 0.697. The highest BCUT2D eigenvalue weighted by Crippen LogP contribution is 2.23. The normalized spacial score (nSPS) is 14.2. The van der Waals surface area contributed by atoms with Crippen LogP contribution in [0.15, 0.2) is 27.6 Å². The van der Waals surface area contributed by atoms with Crippen LogP contribution in [0.5, 0.6) is 0 Å². The molecule has 0 bridgehead atoms. The van der Waals surface area contributed by atoms with E-state index in [1.807, 2.05) is 20.8 Å². The molecule has 4 N–H and O–H groups in total. The first-order valence-electron chi connectivity index (χ1n) is 6.24. The van der Waals surface area contributed by atoms with Crippen LogP contribution in [0.25, 0.3) is 0 Å². The Morgan fingerprint density at radius 3 is 2.55 bits per heavy atom. The number of nitrogens with one attached hydrogen (secondary N) is 1. The standard InChI is InChI=1S/C13H21BrN2O3S/c1-13(2,3)7-10(17)8-16-20(18,19)12-6-9(14)4-5-11(12)15/h4-6,10,16-17H,7-8,15H2,1-3H3. The summed E-state index contributed by atoms with van der Waals surface area (Å²) >= 11 is 3.21. The molecule has 0 saturated carbocycles. The summed E-state index contributed by atoms with van der Waals surface area (Å²) in [5, 5.41) is 9.85. The number of halogens is 1. The van der Waals surface area contributed by atoms with Gasteiger partial charge in [-0.3, -0.25) is 0 Å². The Labute approximate surface area is 128 Å². The molecule has 1 unspecified atom stereocenters. The number of sulfonamides is 1. The number of nitrogens with two attached hydrogens (primary N) is 1. The Morgan fingerprint density at radius 2 is 2.00 bits per heavy atom. The van der Waals surface area contributed by atoms with Gasteiger partial charge < -0.3 is 10.8 Å². The zero-order chi connectivity index (χ0) is 15.6. The molecule has 0 radical (unpaired) electrons. The van der Waals surface area contributed by atoms with Crippen LogP contribution in [0.1, 0.15) is 27.2 Å². The van der Waals surface area contributed by atoms with E-state index in [0.29, 0.717) is 10.9 Å². The minimum Gasteiger partial charge on any atom is -0.398 e. The fraction of sp³-hybridized carbons (Fsp3) is 0.538. The van der Waals surface area contributed by atoms with Gasteiger partial charge in [-0.1, -0.05) is 36.7 Å². The summed E-state index contributed by atoms with van der Waals surface area (Å²) in [6.07, 6.45) is -0.234. The van der Waals surface area contributed by atoms with E-state index < -0.39 is 16.1 Å². The third kappa shape index (κ3) is 5.40. The van der Waals surface area contributed by atoms with Crippen LogP contribution in [0, 0.1) is 5.41 Å². The number of nitrogen functional groups attached to an aromatic ring is 1. The third-order valence-electron chi connectivity index (χ3n) is 2.62. The zero-order valence-corrected chi connectivity index (χ0v) is 14.3. The van der Waals surface area contributed by atoms with Gasteiger partial charge in [-0.25, -0.2) is 13.1 Å². The molecule has 0 aliphatic rings. The maximum Gasteiger partial charge on any atom is 0.242 e. The molecule has 0 heterocycles. The molecule has 5 nitrogen and oxygen atoms in total. The molecule has 20 heavy (non-hydrogen) atoms. The van der Waals surface area contributed by atoms with E-state index in [0.717, 1.165) is 0 Å². The average molecular weight is 365 g/mol. The second-order valence-electron chi connectivity index (χ2n) is 5.95. The lowest BCUT2D eigenvalue weighted by Gasteiger charge is -2.22. The number of aliphatic hydroxyl groups excluding tert-OH is 1. The summed E-state index contributed by atoms with van der Waals surface area (Å²) in [5.41, 5.74) is 5.78. The molecule has 0 aliphatic heterocycles. The highest BCUT2D eigenvalue weighted by molar-refractivity contribution is 9.10. The number of anilines is 1. The number of hydrogen-bond acceptors (Lipinski definition) is 4. The largest absolute Gasteiger partial charge is 0.398 e. The minimum absolute atomic E-state index is 0.00911. The van der Waals surface area contributed by atoms with Crippen LogP contribution < -0.4 is 10.5 Å². The van der Waals surface area contributed by atoms with E-state index in [2.05, 4.69) is 20.7 Å². The van der Waals surface area contributed by atoms with Gasteiger partial charge in [-0.2, -0.15) is 0 Å². The van der Waals surface area contributed by atoms with Crippen molar-refractivity contribution in [3.8, 4) is 0 Å². The van der Waals surface area contributed by atoms with Gasteiger partial charge in [0, 0.05) is 11.0 Å². The van der Waals surface area contributed by atoms with Gasteiger partial charge >= 0.3 is 0 Å². The number of benzene rings is 1. The van der Waals surface area contributed by atoms with E-state index in [1.165, 1.54) is 12.1 Å². The molecule has 1 aromatic carbocycles. The summed E-state index contributed by atoms with van der Waals surface area (Å²) in [6, 6.07) is 4.63. The molecule has 0 spiro atoms. The average Bonchev–Trinajstić information content (AvgIpc) is 2.27. The van der Waals surface area contributed by atoms with Crippen molar-refractivity contribution in [2.24, 2.45) is 5.41 Å². The topological polar surface area (TPSA) is 92.4 Å². The van der Waals surface area contributed by atoms with E-state index in [-0.39, 0.29) is 22.5 Å². The first-order valence-corrected chi connectivity index (χ1v) is 8.52. The molecule has 0 amide bonds. The van der Waals surface area contributed by atoms with Crippen molar-refractivity contribution in [3.05, 3.63) is 22.7 Å². The van der Waals surface area contributed by atoms with Crippen molar-refractivity contribution in [2.45, 2.75) is 38.2 Å². The molecule has 1 aromatic rings. The molecule has 0 fully saturated rings. The number of hydrogen-bond donors (Lipinski definition) is 3. The fourth-order valence-electron chi connectivity index (χ4n) is 1.80. The molecule has 1 rings (SSSR count). The van der Waals surface area contributed by atoms with Crippen LogP contribution >= 0.6 is 15.9 Å². The van der Waals surface area contributed by atoms with Crippen LogP contribution in [0.3, 0.4) is 0 Å². The molecular weight excluding hydrogens is 344 g/mol. The second-order valence-corrected chi connectivity index (χ2v) is 8.60. The van der Waals surface area contributed by atoms with Crippen molar-refractivity contribution in [3.63, 3.8) is 0 Å². The van der Waals surface area contributed by atoms with Crippen molar-refractivity contribution in [1.82, 2.24) is 4.72 Å². The van der Waals surface area contributed by atoms with Gasteiger partial charge in [-0.15, -0.1) is 0 Å². The SMILES string of the molecule is CC(C)(C)CC(O)CNS(=O)(=O)c1cc(Br)ccc1N. The molecular formula is C13H21BrN2O3S. The Hall–Kier alpha value is -0.630. The lowest BCUT2D eigenvalue weighted by Crippen LogP contribution is -2.34. The van der Waals surface area contributed by atoms with Gasteiger partial charge in [-0.05, 0) is 30.0 Å². The Balaban J connectivity index is 2.78. The maximum absolute atomic E-state index is 12.2. The van der Waals surface area contributed by atoms with Gasteiger partial charge in [0.05, 0.1) is 11.8 Å². The molecule has 114 valence electrons. The number of aliphatic hydroxyl groups is 1. The fourth-order valence-corrected chi connectivity index (χ4v) is 3.54. The van der Waals surface area contributed by atoms with E-state index >= 15 is 0 Å². The first kappa shape index (κ1) is 17.4. The monoisotopic (exact) mass is 364 g/mol. The van der Waals surface area contributed by atoms with E-state index in [1.54, 1.807) is 6.07 Å².